The third-order valence-electron chi connectivity index (χ3n) is 3.49. The number of anilines is 1. The van der Waals surface area contributed by atoms with Crippen molar-refractivity contribution >= 4 is 22.0 Å². The molecule has 3 nitrogen and oxygen atoms in total. The van der Waals surface area contributed by atoms with Crippen molar-refractivity contribution in [3.63, 3.8) is 0 Å². The van der Waals surface area contributed by atoms with Gasteiger partial charge < -0.3 is 21.6 Å². The Labute approximate surface area is 179 Å². The summed E-state index contributed by atoms with van der Waals surface area (Å²) < 4.78 is 26.3. The molecule has 0 aliphatic heterocycles. The molecule has 0 spiro atoms. The fraction of sp³-hybridized carbons (Fsp3) is 0.143. The third kappa shape index (κ3) is 7.85. The first-order chi connectivity index (χ1) is 13.5. The maximum absolute atomic E-state index is 13.5. The Hall–Kier alpha value is -2.14. The van der Waals surface area contributed by atoms with Gasteiger partial charge in [0.2, 0.25) is 0 Å². The van der Waals surface area contributed by atoms with Crippen LogP contribution in [0.15, 0.2) is 65.8 Å². The van der Waals surface area contributed by atoms with Crippen molar-refractivity contribution in [2.75, 3.05) is 19.0 Å². The molecule has 0 unspecified atom stereocenters. The van der Waals surface area contributed by atoms with E-state index in [4.69, 9.17) is 6.72 Å². The van der Waals surface area contributed by atoms with Crippen LogP contribution < -0.4 is 4.90 Å². The zero-order valence-corrected chi connectivity index (χ0v) is 18.5. The number of rotatable bonds is 4. The molecule has 0 fully saturated rings. The van der Waals surface area contributed by atoms with E-state index in [0.29, 0.717) is 12.2 Å². The summed E-state index contributed by atoms with van der Waals surface area (Å²) in [5.41, 5.74) is 2.66. The van der Waals surface area contributed by atoms with Crippen LogP contribution in [0.5, 0.6) is 0 Å². The first-order valence-corrected chi connectivity index (χ1v) is 11.0. The first-order valence-electron chi connectivity index (χ1n) is 8.05. The number of hydrogen-bond acceptors (Lipinski definition) is 3. The molecule has 0 saturated heterocycles. The quantitative estimate of drug-likeness (QED) is 0.309. The van der Waals surface area contributed by atoms with Gasteiger partial charge in [0.1, 0.15) is 0 Å². The average molecular weight is 579 g/mol. The summed E-state index contributed by atoms with van der Waals surface area (Å²) in [6, 6.07) is 17.9. The Kier molecular flexibility index (Phi) is 11.2. The van der Waals surface area contributed by atoms with Gasteiger partial charge in [0.25, 0.3) is 0 Å². The van der Waals surface area contributed by atoms with Crippen LogP contribution in [-0.4, -0.2) is 25.8 Å². The van der Waals surface area contributed by atoms with Crippen LogP contribution in [0.2, 0.25) is 0 Å². The second-order valence-corrected chi connectivity index (χ2v) is 5.66. The van der Waals surface area contributed by atoms with Gasteiger partial charge in [-0.25, -0.2) is 0 Å². The molecule has 0 radical (unpaired) electrons. The zero-order valence-electron chi connectivity index (χ0n) is 15.4. The Balaban J connectivity index is 0.000000301. The van der Waals surface area contributed by atoms with E-state index in [1.54, 1.807) is 12.3 Å². The first kappa shape index (κ1) is 23.9. The van der Waals surface area contributed by atoms with E-state index in [1.807, 2.05) is 55.4 Å². The van der Waals surface area contributed by atoms with Gasteiger partial charge in [0.05, 0.1) is 0 Å². The van der Waals surface area contributed by atoms with Gasteiger partial charge in [0, 0.05) is 44.2 Å². The molecule has 7 heteroatoms. The Morgan fingerprint density at radius 1 is 1.14 bits per heavy atom. The van der Waals surface area contributed by atoms with E-state index in [0.717, 1.165) is 23.4 Å². The number of halogens is 3. The van der Waals surface area contributed by atoms with E-state index in [2.05, 4.69) is 25.6 Å². The predicted molar refractivity (Wildman–Crippen MR) is 107 cm³/mol. The van der Waals surface area contributed by atoms with Gasteiger partial charge in [-0.15, -0.1) is 12.1 Å². The van der Waals surface area contributed by atoms with E-state index in [-0.39, 0.29) is 5.56 Å². The summed E-state index contributed by atoms with van der Waals surface area (Å²) in [5.74, 6) is -1.30. The molecule has 2 aromatic carbocycles. The van der Waals surface area contributed by atoms with E-state index in [1.165, 1.54) is 17.9 Å². The van der Waals surface area contributed by atoms with Crippen molar-refractivity contribution in [1.82, 2.24) is 4.98 Å². The van der Waals surface area contributed by atoms with Crippen LogP contribution in [0, 0.1) is 17.7 Å². The predicted octanol–water partition coefficient (Wildman–Crippen LogP) is 5.34. The van der Waals surface area contributed by atoms with Crippen LogP contribution in [-0.2, 0) is 24.4 Å². The van der Waals surface area contributed by atoms with Gasteiger partial charge in [-0.2, -0.15) is 0 Å². The van der Waals surface area contributed by atoms with Crippen LogP contribution in [0.3, 0.4) is 0 Å². The fourth-order valence-electron chi connectivity index (χ4n) is 2.16. The standard InChI is InChI=1S/C13H11F2N2.C8H8N.ClH.Ir/c1-17(2)10-5-6-16-13(8-10)11-4-3-9(14)7-12(11)15;1-9-7-8-5-3-2-4-6-8;;/h3,5-8H,1-2H3;1-6H,7H2;1H;/q2*-1;;+3/p-1. The van der Waals surface area contributed by atoms with E-state index >= 15 is 0 Å². The second kappa shape index (κ2) is 13.1. The van der Waals surface area contributed by atoms with Gasteiger partial charge in [-0.05, 0) is 17.3 Å². The summed E-state index contributed by atoms with van der Waals surface area (Å²) in [5, 5.41) is 0. The van der Waals surface area contributed by atoms with Crippen LogP contribution in [0.4, 0.5) is 14.5 Å². The average Bonchev–Trinajstić information content (AvgIpc) is 2.71. The minimum atomic E-state index is -0.659. The monoisotopic (exact) mass is 579 g/mol. The summed E-state index contributed by atoms with van der Waals surface area (Å²) in [6.07, 6.45) is 1.58. The third-order valence-corrected chi connectivity index (χ3v) is 3.49. The molecule has 28 heavy (non-hydrogen) atoms. The summed E-state index contributed by atoms with van der Waals surface area (Å²) in [4.78, 5) is 9.45. The molecule has 0 atom stereocenters. The summed E-state index contributed by atoms with van der Waals surface area (Å²) in [6.45, 7) is 5.60. The van der Waals surface area contributed by atoms with Crippen molar-refractivity contribution in [2.24, 2.45) is 4.99 Å². The number of aliphatic imine (C=N–C) groups is 1. The Bertz CT molecular complexity index is 861. The number of benzene rings is 2. The summed E-state index contributed by atoms with van der Waals surface area (Å²) in [7, 11) is 8.40. The van der Waals surface area contributed by atoms with Crippen LogP contribution >= 0.6 is 9.58 Å². The van der Waals surface area contributed by atoms with Crippen molar-refractivity contribution in [3.05, 3.63) is 84.1 Å². The number of aromatic nitrogens is 1. The SMILES string of the molecule is CN(C)c1ccnc(-c2[c-]cc(F)cc2F)c1.[CH-]=NCc1ccccc1.[Cl][Ir+2]. The van der Waals surface area contributed by atoms with Crippen molar-refractivity contribution < 1.29 is 26.7 Å². The molecule has 0 N–H and O–H groups in total. The van der Waals surface area contributed by atoms with Crippen molar-refractivity contribution in [3.8, 4) is 11.3 Å². The Morgan fingerprint density at radius 3 is 2.39 bits per heavy atom. The molecule has 0 amide bonds. The van der Waals surface area contributed by atoms with E-state index < -0.39 is 11.6 Å². The second-order valence-electron chi connectivity index (χ2n) is 5.66. The molecular formula is C21H19ClF2IrN3. The van der Waals surface area contributed by atoms with Crippen LogP contribution in [0.25, 0.3) is 11.3 Å². The molecule has 0 bridgehead atoms. The van der Waals surface area contributed by atoms with Gasteiger partial charge in [-0.3, -0.25) is 8.78 Å². The molecule has 0 aliphatic rings. The molecule has 0 saturated carbocycles. The van der Waals surface area contributed by atoms with Gasteiger partial charge in [-0.1, -0.05) is 48.0 Å². The molecule has 1 aromatic heterocycles. The number of hydrogen-bond donors (Lipinski definition) is 0. The molecule has 0 aliphatic carbocycles. The van der Waals surface area contributed by atoms with Crippen LogP contribution in [0.1, 0.15) is 5.56 Å². The molecule has 3 aromatic rings. The zero-order chi connectivity index (χ0) is 20.9. The Morgan fingerprint density at radius 2 is 1.82 bits per heavy atom. The van der Waals surface area contributed by atoms with Gasteiger partial charge >= 0.3 is 27.5 Å². The maximum atomic E-state index is 13.5. The van der Waals surface area contributed by atoms with E-state index in [9.17, 15) is 8.78 Å². The molecule has 3 rings (SSSR count). The van der Waals surface area contributed by atoms with Gasteiger partial charge in [0.15, 0.2) is 0 Å². The van der Waals surface area contributed by atoms with Crippen molar-refractivity contribution in [1.29, 1.82) is 0 Å². The topological polar surface area (TPSA) is 28.5 Å². The normalized spacial score (nSPS) is 9.36. The fourth-order valence-corrected chi connectivity index (χ4v) is 2.16. The molecule has 1 heterocycles. The minimum absolute atomic E-state index is 0.176. The summed E-state index contributed by atoms with van der Waals surface area (Å²) >= 11 is 1.47. The van der Waals surface area contributed by atoms with Crippen molar-refractivity contribution in [2.45, 2.75) is 6.54 Å². The number of nitrogens with zero attached hydrogens (tertiary/aromatic N) is 3. The molecule has 148 valence electrons. The number of pyridine rings is 1. The molecular weight excluding hydrogens is 560 g/mol.